The average Bonchev–Trinajstić information content (AvgIpc) is 2.45. The first-order valence-corrected chi connectivity index (χ1v) is 6.94. The lowest BCUT2D eigenvalue weighted by molar-refractivity contribution is 1.24. The van der Waals surface area contributed by atoms with E-state index >= 15 is 0 Å². The van der Waals surface area contributed by atoms with Gasteiger partial charge in [-0.1, -0.05) is 71.7 Å². The van der Waals surface area contributed by atoms with Crippen molar-refractivity contribution in [2.45, 2.75) is 13.8 Å². The smallest absolute Gasteiger partial charge is 0.136 e. The third-order valence-corrected chi connectivity index (χ3v) is 3.48. The summed E-state index contributed by atoms with van der Waals surface area (Å²) in [6.07, 6.45) is 0. The molecule has 0 bridgehead atoms. The Morgan fingerprint density at radius 2 is 1.30 bits per heavy atom. The van der Waals surface area contributed by atoms with E-state index in [4.69, 9.17) is 23.2 Å². The van der Waals surface area contributed by atoms with Crippen molar-refractivity contribution in [1.82, 2.24) is 0 Å². The molecule has 0 aromatic heterocycles. The molecule has 0 unspecified atom stereocenters. The Morgan fingerprint density at radius 1 is 0.750 bits per heavy atom. The number of nitrogens with zero attached hydrogens (tertiary/aromatic N) is 2. The highest BCUT2D eigenvalue weighted by atomic mass is 35.5. The molecule has 0 aliphatic rings. The van der Waals surface area contributed by atoms with Crippen LogP contribution < -0.4 is 0 Å². The third kappa shape index (κ3) is 3.47. The predicted octanol–water partition coefficient (Wildman–Crippen LogP) is 4.89. The fraction of sp³-hybridized carbons (Fsp3) is 0.125. The van der Waals surface area contributed by atoms with Crippen molar-refractivity contribution in [1.29, 1.82) is 0 Å². The first-order chi connectivity index (χ1) is 9.59. The van der Waals surface area contributed by atoms with E-state index in [2.05, 4.69) is 10.2 Å². The molecule has 0 radical (unpaired) electrons. The van der Waals surface area contributed by atoms with Crippen LogP contribution in [0.5, 0.6) is 0 Å². The van der Waals surface area contributed by atoms with Gasteiger partial charge in [-0.15, -0.1) is 10.2 Å². The minimum Gasteiger partial charge on any atom is -0.136 e. The van der Waals surface area contributed by atoms with E-state index in [1.807, 2.05) is 62.4 Å². The average molecular weight is 305 g/mol. The Hall–Kier alpha value is -1.64. The Balaban J connectivity index is 2.32. The molecular formula is C16H14Cl2N2. The molecule has 0 amide bonds. The maximum atomic E-state index is 6.23. The Bertz CT molecular complexity index is 641. The number of hydrogen-bond acceptors (Lipinski definition) is 2. The van der Waals surface area contributed by atoms with Gasteiger partial charge in [0.1, 0.15) is 0 Å². The van der Waals surface area contributed by atoms with Gasteiger partial charge in [0.2, 0.25) is 0 Å². The minimum absolute atomic E-state index is 0.315. The van der Waals surface area contributed by atoms with Crippen molar-refractivity contribution in [3.63, 3.8) is 0 Å². The lowest BCUT2D eigenvalue weighted by Crippen LogP contribution is -1.99. The van der Waals surface area contributed by atoms with Gasteiger partial charge in [-0.25, -0.2) is 0 Å². The maximum Gasteiger partial charge on any atom is 0.159 e. The molecule has 0 aliphatic carbocycles. The molecule has 20 heavy (non-hydrogen) atoms. The minimum atomic E-state index is 0.315. The van der Waals surface area contributed by atoms with Crippen LogP contribution in [0.1, 0.15) is 22.3 Å². The molecule has 2 nitrogen and oxygen atoms in total. The molecule has 0 saturated heterocycles. The van der Waals surface area contributed by atoms with E-state index in [0.717, 1.165) is 22.3 Å². The summed E-state index contributed by atoms with van der Waals surface area (Å²) in [6, 6.07) is 15.4. The van der Waals surface area contributed by atoms with Gasteiger partial charge in [-0.2, -0.15) is 0 Å². The highest BCUT2D eigenvalue weighted by Crippen LogP contribution is 2.17. The van der Waals surface area contributed by atoms with Crippen LogP contribution in [0.4, 0.5) is 0 Å². The van der Waals surface area contributed by atoms with E-state index in [-0.39, 0.29) is 0 Å². The lowest BCUT2D eigenvalue weighted by Gasteiger charge is -2.06. The van der Waals surface area contributed by atoms with Gasteiger partial charge in [-0.05, 0) is 25.0 Å². The molecule has 0 N–H and O–H groups in total. The van der Waals surface area contributed by atoms with Crippen molar-refractivity contribution >= 4 is 33.5 Å². The van der Waals surface area contributed by atoms with Crippen LogP contribution in [0, 0.1) is 13.8 Å². The normalized spacial score (nSPS) is 12.6. The SMILES string of the molecule is Cc1cccc(C)c1/C(Cl)=N/N=C(\Cl)c1ccccc1. The first-order valence-electron chi connectivity index (χ1n) is 6.18. The van der Waals surface area contributed by atoms with Crippen molar-refractivity contribution in [3.8, 4) is 0 Å². The van der Waals surface area contributed by atoms with Gasteiger partial charge in [0, 0.05) is 11.1 Å². The summed E-state index contributed by atoms with van der Waals surface area (Å²) in [6.45, 7) is 3.98. The highest BCUT2D eigenvalue weighted by molar-refractivity contribution is 6.71. The van der Waals surface area contributed by atoms with E-state index in [0.29, 0.717) is 10.3 Å². The maximum absolute atomic E-state index is 6.23. The summed E-state index contributed by atoms with van der Waals surface area (Å²) in [5, 5.41) is 8.68. The summed E-state index contributed by atoms with van der Waals surface area (Å²) < 4.78 is 0. The second-order valence-electron chi connectivity index (χ2n) is 4.41. The monoisotopic (exact) mass is 304 g/mol. The van der Waals surface area contributed by atoms with Gasteiger partial charge in [-0.3, -0.25) is 0 Å². The first kappa shape index (κ1) is 14.8. The van der Waals surface area contributed by atoms with Crippen LogP contribution in [-0.4, -0.2) is 10.3 Å². The van der Waals surface area contributed by atoms with Crippen LogP contribution in [-0.2, 0) is 0 Å². The molecule has 0 saturated carbocycles. The molecule has 2 aromatic carbocycles. The molecule has 4 heteroatoms. The van der Waals surface area contributed by atoms with Crippen LogP contribution in [0.15, 0.2) is 58.7 Å². The van der Waals surface area contributed by atoms with Gasteiger partial charge in [0.05, 0.1) is 0 Å². The topological polar surface area (TPSA) is 24.7 Å². The molecule has 0 fully saturated rings. The molecule has 0 atom stereocenters. The summed E-state index contributed by atoms with van der Waals surface area (Å²) in [5.74, 6) is 0. The zero-order valence-electron chi connectivity index (χ0n) is 11.3. The van der Waals surface area contributed by atoms with E-state index in [9.17, 15) is 0 Å². The summed E-state index contributed by atoms with van der Waals surface area (Å²) in [7, 11) is 0. The number of halogens is 2. The predicted molar refractivity (Wildman–Crippen MR) is 87.1 cm³/mol. The largest absolute Gasteiger partial charge is 0.159 e. The van der Waals surface area contributed by atoms with Gasteiger partial charge in [0.25, 0.3) is 0 Å². The Kier molecular flexibility index (Phi) is 4.94. The highest BCUT2D eigenvalue weighted by Gasteiger charge is 2.07. The van der Waals surface area contributed by atoms with Crippen molar-refractivity contribution in [2.75, 3.05) is 0 Å². The van der Waals surface area contributed by atoms with Gasteiger partial charge in [0.15, 0.2) is 10.3 Å². The summed E-state index contributed by atoms with van der Waals surface area (Å²) in [4.78, 5) is 0. The lowest BCUT2D eigenvalue weighted by atomic mass is 10.0. The second kappa shape index (κ2) is 6.69. The van der Waals surface area contributed by atoms with Crippen molar-refractivity contribution in [3.05, 3.63) is 70.8 Å². The summed E-state index contributed by atoms with van der Waals surface area (Å²) in [5.41, 5.74) is 3.83. The zero-order valence-corrected chi connectivity index (χ0v) is 12.8. The fourth-order valence-electron chi connectivity index (χ4n) is 1.91. The molecule has 0 spiro atoms. The molecule has 2 aromatic rings. The van der Waals surface area contributed by atoms with E-state index in [1.54, 1.807) is 0 Å². The third-order valence-electron chi connectivity index (χ3n) is 2.93. The van der Waals surface area contributed by atoms with Crippen molar-refractivity contribution in [2.24, 2.45) is 10.2 Å². The molecule has 0 aliphatic heterocycles. The number of aryl methyl sites for hydroxylation is 2. The van der Waals surface area contributed by atoms with E-state index < -0.39 is 0 Å². The standard InChI is InChI=1S/C16H14Cl2N2/c1-11-7-6-8-12(2)14(11)16(18)20-19-15(17)13-9-4-3-5-10-13/h3-10H,1-2H3/b19-15-,20-16-. The molecular weight excluding hydrogens is 291 g/mol. The second-order valence-corrected chi connectivity index (χ2v) is 5.13. The van der Waals surface area contributed by atoms with Crippen LogP contribution in [0.3, 0.4) is 0 Å². The fourth-order valence-corrected chi connectivity index (χ4v) is 2.41. The quantitative estimate of drug-likeness (QED) is 0.570. The van der Waals surface area contributed by atoms with Crippen LogP contribution in [0.2, 0.25) is 0 Å². The van der Waals surface area contributed by atoms with Gasteiger partial charge >= 0.3 is 0 Å². The Labute approximate surface area is 128 Å². The van der Waals surface area contributed by atoms with E-state index in [1.165, 1.54) is 0 Å². The van der Waals surface area contributed by atoms with Crippen LogP contribution >= 0.6 is 23.2 Å². The molecule has 2 rings (SSSR count). The zero-order chi connectivity index (χ0) is 14.5. The number of rotatable bonds is 3. The molecule has 0 heterocycles. The Morgan fingerprint density at radius 3 is 1.90 bits per heavy atom. The molecule has 102 valence electrons. The van der Waals surface area contributed by atoms with Crippen LogP contribution in [0.25, 0.3) is 0 Å². The van der Waals surface area contributed by atoms with Gasteiger partial charge < -0.3 is 0 Å². The summed E-state index contributed by atoms with van der Waals surface area (Å²) >= 11 is 12.3. The number of benzene rings is 2. The number of hydrogen-bond donors (Lipinski definition) is 0. The van der Waals surface area contributed by atoms with Crippen molar-refractivity contribution < 1.29 is 0 Å².